The smallest absolute Gasteiger partial charge is 0.0112 e. The number of rotatable bonds is 4. The van der Waals surface area contributed by atoms with Gasteiger partial charge < -0.3 is 9.80 Å². The molecule has 0 aromatic rings. The Kier molecular flexibility index (Phi) is 18.7. The minimum absolute atomic E-state index is 0.722. The van der Waals surface area contributed by atoms with Crippen molar-refractivity contribution in [2.75, 3.05) is 52.9 Å². The third-order valence-electron chi connectivity index (χ3n) is 9.51. The van der Waals surface area contributed by atoms with E-state index in [1.165, 1.54) is 97.2 Å². The maximum absolute atomic E-state index is 2.64. The van der Waals surface area contributed by atoms with Gasteiger partial charge in [0.15, 0.2) is 0 Å². The van der Waals surface area contributed by atoms with Crippen molar-refractivity contribution in [2.24, 2.45) is 0 Å². The monoisotopic (exact) mass is 552 g/mol. The predicted octanol–water partition coefficient (Wildman–Crippen LogP) is 7.06. The molecule has 4 rings (SSSR count). The normalized spacial score (nSPS) is 28.2. The Bertz CT molecular complexity index is 568. The summed E-state index contributed by atoms with van der Waals surface area (Å²) in [5.74, 6) is 0. The second kappa shape index (κ2) is 19.8. The molecule has 0 saturated carbocycles. The van der Waals surface area contributed by atoms with E-state index < -0.39 is 0 Å². The van der Waals surface area contributed by atoms with Crippen LogP contribution in [0.2, 0.25) is 0 Å². The van der Waals surface area contributed by atoms with E-state index in [2.05, 4.69) is 108 Å². The van der Waals surface area contributed by atoms with Gasteiger partial charge in [-0.1, -0.05) is 12.8 Å². The maximum atomic E-state index is 2.64. The molecule has 0 aromatic heterocycles. The second-order valence-corrected chi connectivity index (χ2v) is 14.1. The van der Waals surface area contributed by atoms with E-state index in [9.17, 15) is 0 Å². The fraction of sp³-hybridized carbons (Fsp3) is 1.00. The third-order valence-corrected chi connectivity index (χ3v) is 9.51. The van der Waals surface area contributed by atoms with Gasteiger partial charge in [0, 0.05) is 68.5 Å². The summed E-state index contributed by atoms with van der Waals surface area (Å²) < 4.78 is 0. The van der Waals surface area contributed by atoms with Crippen molar-refractivity contribution < 1.29 is 0 Å². The van der Waals surface area contributed by atoms with Crippen LogP contribution in [0.3, 0.4) is 0 Å². The maximum Gasteiger partial charge on any atom is 0.0112 e. The molecule has 39 heavy (non-hydrogen) atoms. The van der Waals surface area contributed by atoms with Crippen molar-refractivity contribution in [1.29, 1.82) is 0 Å². The Morgan fingerprint density at radius 2 is 0.872 bits per heavy atom. The van der Waals surface area contributed by atoms with Gasteiger partial charge in [0.1, 0.15) is 0 Å². The summed E-state index contributed by atoms with van der Waals surface area (Å²) in [4.78, 5) is 12.7. The van der Waals surface area contributed by atoms with Gasteiger partial charge in [0.25, 0.3) is 0 Å². The zero-order valence-electron chi connectivity index (χ0n) is 28.9. The molecule has 4 saturated heterocycles. The molecule has 1 unspecified atom stereocenters. The lowest BCUT2D eigenvalue weighted by Crippen LogP contribution is -2.47. The first-order valence-corrected chi connectivity index (χ1v) is 17.0. The van der Waals surface area contributed by atoms with Gasteiger partial charge in [0.2, 0.25) is 0 Å². The minimum Gasteiger partial charge on any atom is -0.304 e. The van der Waals surface area contributed by atoms with Crippen molar-refractivity contribution in [3.8, 4) is 0 Å². The standard InChI is InChI=1S/C10H21N.C9H19N.C8H18N2.C7H15N/c1-8(2)11-9(3)6-5-7-10(11)4;1-8(2)10-7-5-4-6-9(10)3;1-8(2)10-6-4-9(3)5-7-10;1-7(2)8-5-3-4-6-8/h8-10H,5-7H2,1-4H3;8-9H,4-7H2,1-3H3;8H,4-7H2,1-3H3;7H,3-6H2,1-2H3/t9-,10+;;;. The highest BCUT2D eigenvalue weighted by Gasteiger charge is 2.26. The van der Waals surface area contributed by atoms with Crippen LogP contribution in [-0.2, 0) is 0 Å². The van der Waals surface area contributed by atoms with E-state index in [0.717, 1.165) is 42.3 Å². The summed E-state index contributed by atoms with van der Waals surface area (Å²) in [6, 6.07) is 5.41. The molecule has 5 nitrogen and oxygen atoms in total. The number of likely N-dealkylation sites (N-methyl/N-ethyl adjacent to an activating group) is 1. The summed E-state index contributed by atoms with van der Waals surface area (Å²) in [5.41, 5.74) is 0. The largest absolute Gasteiger partial charge is 0.304 e. The van der Waals surface area contributed by atoms with Crippen LogP contribution >= 0.6 is 0 Å². The van der Waals surface area contributed by atoms with E-state index in [1.54, 1.807) is 0 Å². The van der Waals surface area contributed by atoms with Crippen LogP contribution in [0, 0.1) is 0 Å². The topological polar surface area (TPSA) is 16.2 Å². The van der Waals surface area contributed by atoms with E-state index in [4.69, 9.17) is 0 Å². The summed E-state index contributed by atoms with van der Waals surface area (Å²) in [5, 5.41) is 0. The van der Waals surface area contributed by atoms with Gasteiger partial charge in [-0.3, -0.25) is 14.7 Å². The lowest BCUT2D eigenvalue weighted by atomic mass is 9.96. The molecule has 234 valence electrons. The fourth-order valence-corrected chi connectivity index (χ4v) is 6.94. The van der Waals surface area contributed by atoms with Crippen molar-refractivity contribution in [3.05, 3.63) is 0 Å². The molecule has 0 bridgehead atoms. The molecule has 0 N–H and O–H groups in total. The molecule has 0 aliphatic carbocycles. The Balaban J connectivity index is 0.000000261. The number of hydrogen-bond acceptors (Lipinski definition) is 5. The van der Waals surface area contributed by atoms with E-state index in [-0.39, 0.29) is 0 Å². The van der Waals surface area contributed by atoms with Gasteiger partial charge in [-0.25, -0.2) is 0 Å². The van der Waals surface area contributed by atoms with Crippen LogP contribution in [0.1, 0.15) is 128 Å². The van der Waals surface area contributed by atoms with Crippen molar-refractivity contribution in [2.45, 2.75) is 170 Å². The van der Waals surface area contributed by atoms with Crippen LogP contribution in [0.5, 0.6) is 0 Å². The first-order valence-electron chi connectivity index (χ1n) is 17.0. The van der Waals surface area contributed by atoms with Crippen LogP contribution in [0.25, 0.3) is 0 Å². The molecule has 0 aromatic carbocycles. The Labute approximate surface area is 247 Å². The van der Waals surface area contributed by atoms with Crippen LogP contribution in [-0.4, -0.2) is 120 Å². The van der Waals surface area contributed by atoms with Crippen LogP contribution in [0.4, 0.5) is 0 Å². The van der Waals surface area contributed by atoms with Gasteiger partial charge in [-0.05, 0) is 141 Å². The molecule has 0 spiro atoms. The lowest BCUT2D eigenvalue weighted by Gasteiger charge is -2.41. The minimum atomic E-state index is 0.722. The number of piperazine rings is 1. The first kappa shape index (κ1) is 36.8. The summed E-state index contributed by atoms with van der Waals surface area (Å²) in [6.45, 7) is 34.3. The zero-order chi connectivity index (χ0) is 29.5. The van der Waals surface area contributed by atoms with Crippen molar-refractivity contribution in [1.82, 2.24) is 24.5 Å². The summed E-state index contributed by atoms with van der Waals surface area (Å²) >= 11 is 0. The zero-order valence-corrected chi connectivity index (χ0v) is 28.9. The molecule has 4 fully saturated rings. The molecule has 4 aliphatic heterocycles. The third kappa shape index (κ3) is 14.5. The van der Waals surface area contributed by atoms with Crippen LogP contribution < -0.4 is 0 Å². The van der Waals surface area contributed by atoms with Gasteiger partial charge >= 0.3 is 0 Å². The van der Waals surface area contributed by atoms with Crippen LogP contribution in [0.15, 0.2) is 0 Å². The van der Waals surface area contributed by atoms with E-state index >= 15 is 0 Å². The SMILES string of the molecule is CC(C)N1CCCC1.CC(C)N1CCCCC1C.CC(C)N1CCN(C)CC1.CC(C)N1[C@H](C)CCC[C@@H]1C. The van der Waals surface area contributed by atoms with E-state index in [0.29, 0.717) is 0 Å². The molecule has 0 radical (unpaired) electrons. The van der Waals surface area contributed by atoms with Crippen molar-refractivity contribution in [3.63, 3.8) is 0 Å². The van der Waals surface area contributed by atoms with Gasteiger partial charge in [-0.2, -0.15) is 0 Å². The number of likely N-dealkylation sites (tertiary alicyclic amines) is 3. The number of piperidine rings is 2. The Morgan fingerprint density at radius 1 is 0.436 bits per heavy atom. The second-order valence-electron chi connectivity index (χ2n) is 14.1. The molecule has 4 aliphatic rings. The van der Waals surface area contributed by atoms with Gasteiger partial charge in [0.05, 0.1) is 0 Å². The molecular weight excluding hydrogens is 478 g/mol. The molecule has 5 heteroatoms. The van der Waals surface area contributed by atoms with Gasteiger partial charge in [-0.15, -0.1) is 0 Å². The first-order chi connectivity index (χ1) is 18.3. The summed E-state index contributed by atoms with van der Waals surface area (Å²) in [7, 11) is 2.19. The predicted molar refractivity (Wildman–Crippen MR) is 175 cm³/mol. The molecule has 3 atom stereocenters. The van der Waals surface area contributed by atoms with Crippen molar-refractivity contribution >= 4 is 0 Å². The molecular formula is C34H73N5. The highest BCUT2D eigenvalue weighted by Crippen LogP contribution is 2.24. The highest BCUT2D eigenvalue weighted by atomic mass is 15.3. The molecule has 0 amide bonds. The summed E-state index contributed by atoms with van der Waals surface area (Å²) in [6.07, 6.45) is 11.3. The Morgan fingerprint density at radius 3 is 1.21 bits per heavy atom. The van der Waals surface area contributed by atoms with E-state index in [1.807, 2.05) is 0 Å². The highest BCUT2D eigenvalue weighted by molar-refractivity contribution is 4.81. The Hall–Kier alpha value is -0.200. The fourth-order valence-electron chi connectivity index (χ4n) is 6.94. The average molecular weight is 552 g/mol. The lowest BCUT2D eigenvalue weighted by molar-refractivity contribution is 0.0705. The average Bonchev–Trinajstić information content (AvgIpc) is 3.41. The number of nitrogens with zero attached hydrogens (tertiary/aromatic N) is 5. The molecule has 4 heterocycles. The quantitative estimate of drug-likeness (QED) is 0.371. The number of hydrogen-bond donors (Lipinski definition) is 0.